The van der Waals surface area contributed by atoms with Crippen molar-refractivity contribution < 1.29 is 4.42 Å². The summed E-state index contributed by atoms with van der Waals surface area (Å²) in [6.07, 6.45) is 7.96. The van der Waals surface area contributed by atoms with Gasteiger partial charge in [0.1, 0.15) is 5.69 Å². The van der Waals surface area contributed by atoms with Crippen molar-refractivity contribution in [2.45, 2.75) is 20.3 Å². The van der Waals surface area contributed by atoms with E-state index in [-0.39, 0.29) is 0 Å². The number of nitrogens with zero attached hydrogens (tertiary/aromatic N) is 4. The fourth-order valence-corrected chi connectivity index (χ4v) is 2.79. The van der Waals surface area contributed by atoms with Crippen molar-refractivity contribution in [3.8, 4) is 11.5 Å². The molecule has 118 valence electrons. The zero-order chi connectivity index (χ0) is 16.1. The van der Waals surface area contributed by atoms with Gasteiger partial charge in [0.2, 0.25) is 4.80 Å². The van der Waals surface area contributed by atoms with E-state index in [0.29, 0.717) is 5.92 Å². The average Bonchev–Trinajstić information content (AvgIpc) is 3.18. The van der Waals surface area contributed by atoms with Gasteiger partial charge in [-0.1, -0.05) is 13.8 Å². The molecule has 0 N–H and O–H groups in total. The molecule has 0 aliphatic heterocycles. The first kappa shape index (κ1) is 15.4. The fourth-order valence-electron chi connectivity index (χ4n) is 1.95. The molecule has 0 aromatic carbocycles. The van der Waals surface area contributed by atoms with E-state index in [4.69, 9.17) is 4.42 Å². The Bertz CT molecular complexity index is 829. The van der Waals surface area contributed by atoms with Gasteiger partial charge in [-0.3, -0.25) is 4.98 Å². The molecule has 0 spiro atoms. The van der Waals surface area contributed by atoms with Gasteiger partial charge in [-0.25, -0.2) is 9.67 Å². The topological polar surface area (TPSA) is 55.7 Å². The van der Waals surface area contributed by atoms with Crippen molar-refractivity contribution in [1.29, 1.82) is 0 Å². The molecular weight excluding hydrogens is 308 g/mol. The molecular formula is C17H18N4OS. The van der Waals surface area contributed by atoms with Gasteiger partial charge in [0.25, 0.3) is 0 Å². The second-order valence-corrected chi connectivity index (χ2v) is 6.28. The highest BCUT2D eigenvalue weighted by atomic mass is 32.1. The highest BCUT2D eigenvalue weighted by Crippen LogP contribution is 2.21. The lowest BCUT2D eigenvalue weighted by molar-refractivity contribution is 0.575. The summed E-state index contributed by atoms with van der Waals surface area (Å²) in [6, 6.07) is 7.57. The van der Waals surface area contributed by atoms with E-state index in [2.05, 4.69) is 28.9 Å². The predicted octanol–water partition coefficient (Wildman–Crippen LogP) is 4.32. The quantitative estimate of drug-likeness (QED) is 0.656. The van der Waals surface area contributed by atoms with Crippen LogP contribution >= 0.6 is 11.3 Å². The maximum Gasteiger partial charge on any atom is 0.211 e. The van der Waals surface area contributed by atoms with E-state index in [1.165, 1.54) is 11.3 Å². The number of thiazole rings is 1. The summed E-state index contributed by atoms with van der Waals surface area (Å²) in [4.78, 5) is 9.51. The van der Waals surface area contributed by atoms with Crippen molar-refractivity contribution in [3.63, 3.8) is 0 Å². The molecule has 0 aliphatic rings. The van der Waals surface area contributed by atoms with Gasteiger partial charge in [-0.15, -0.1) is 11.3 Å². The third kappa shape index (κ3) is 3.84. The van der Waals surface area contributed by atoms with Crippen LogP contribution in [-0.2, 0) is 0 Å². The molecule has 0 aliphatic carbocycles. The summed E-state index contributed by atoms with van der Waals surface area (Å²) in [7, 11) is 0. The van der Waals surface area contributed by atoms with Crippen LogP contribution < -0.4 is 4.80 Å². The van der Waals surface area contributed by atoms with Crippen LogP contribution in [0.15, 0.2) is 62.8 Å². The number of pyridine rings is 1. The van der Waals surface area contributed by atoms with Gasteiger partial charge in [0.05, 0.1) is 18.1 Å². The van der Waals surface area contributed by atoms with Gasteiger partial charge >= 0.3 is 0 Å². The first-order chi connectivity index (χ1) is 11.2. The van der Waals surface area contributed by atoms with Gasteiger partial charge < -0.3 is 4.42 Å². The van der Waals surface area contributed by atoms with E-state index >= 15 is 0 Å². The Morgan fingerprint density at radius 3 is 2.96 bits per heavy atom. The lowest BCUT2D eigenvalue weighted by Gasteiger charge is -2.01. The van der Waals surface area contributed by atoms with Gasteiger partial charge in [-0.05, 0) is 36.6 Å². The van der Waals surface area contributed by atoms with Crippen LogP contribution in [0, 0.1) is 5.92 Å². The second kappa shape index (κ2) is 7.19. The molecule has 3 heterocycles. The van der Waals surface area contributed by atoms with Crippen LogP contribution in [0.1, 0.15) is 20.3 Å². The van der Waals surface area contributed by atoms with Crippen molar-refractivity contribution >= 4 is 23.2 Å². The summed E-state index contributed by atoms with van der Waals surface area (Å²) in [5.41, 5.74) is 1.69. The molecule has 0 atom stereocenters. The Hall–Kier alpha value is -2.47. The monoisotopic (exact) mass is 326 g/mol. The maximum atomic E-state index is 5.51. The summed E-state index contributed by atoms with van der Waals surface area (Å²) >= 11 is 1.52. The molecule has 0 fully saturated rings. The third-order valence-electron chi connectivity index (χ3n) is 3.10. The lowest BCUT2D eigenvalue weighted by Crippen LogP contribution is -2.11. The Morgan fingerprint density at radius 2 is 2.26 bits per heavy atom. The van der Waals surface area contributed by atoms with Crippen molar-refractivity contribution in [2.75, 3.05) is 0 Å². The lowest BCUT2D eigenvalue weighted by atomic mass is 10.2. The minimum Gasteiger partial charge on any atom is -0.463 e. The van der Waals surface area contributed by atoms with Gasteiger partial charge in [0, 0.05) is 17.8 Å². The van der Waals surface area contributed by atoms with E-state index < -0.39 is 0 Å². The van der Waals surface area contributed by atoms with Crippen LogP contribution in [0.5, 0.6) is 0 Å². The molecule has 23 heavy (non-hydrogen) atoms. The molecule has 0 saturated heterocycles. The van der Waals surface area contributed by atoms with Crippen LogP contribution in [0.3, 0.4) is 0 Å². The normalized spacial score (nSPS) is 12.6. The summed E-state index contributed by atoms with van der Waals surface area (Å²) in [6.45, 7) is 4.33. The van der Waals surface area contributed by atoms with Crippen molar-refractivity contribution in [2.24, 2.45) is 16.0 Å². The number of rotatable bonds is 5. The average molecular weight is 326 g/mol. The number of hydrogen-bond donors (Lipinski definition) is 0. The highest BCUT2D eigenvalue weighted by Gasteiger charge is 2.09. The molecule has 0 saturated carbocycles. The zero-order valence-corrected chi connectivity index (χ0v) is 13.9. The van der Waals surface area contributed by atoms with Gasteiger partial charge in [-0.2, -0.15) is 5.10 Å². The van der Waals surface area contributed by atoms with Crippen LogP contribution in [0.4, 0.5) is 5.69 Å². The molecule has 0 bridgehead atoms. The minimum atomic E-state index is 0.559. The summed E-state index contributed by atoms with van der Waals surface area (Å²) in [5, 5.41) is 6.59. The molecule has 6 heteroatoms. The predicted molar refractivity (Wildman–Crippen MR) is 92.8 cm³/mol. The fraction of sp³-hybridized carbons (Fsp3) is 0.235. The Kier molecular flexibility index (Phi) is 4.83. The molecule has 3 aromatic heterocycles. The van der Waals surface area contributed by atoms with Crippen molar-refractivity contribution in [1.82, 2.24) is 9.66 Å². The summed E-state index contributed by atoms with van der Waals surface area (Å²) in [5.74, 6) is 1.33. The standard InChI is InChI=1S/C17H18N4OS/c1-13(2)7-9-19-21-15(16-6-4-10-22-16)12-23-17(21)20-14-5-3-8-18-11-14/h3-6,8-13H,7H2,1-2H3. The largest absolute Gasteiger partial charge is 0.463 e. The second-order valence-electron chi connectivity index (χ2n) is 5.44. The maximum absolute atomic E-state index is 5.51. The van der Waals surface area contributed by atoms with Gasteiger partial charge in [0.15, 0.2) is 5.76 Å². The molecule has 0 amide bonds. The van der Waals surface area contributed by atoms with E-state index in [9.17, 15) is 0 Å². The van der Waals surface area contributed by atoms with Crippen molar-refractivity contribution in [3.05, 3.63) is 53.1 Å². The minimum absolute atomic E-state index is 0.559. The van der Waals surface area contributed by atoms with E-state index in [0.717, 1.165) is 28.4 Å². The SMILES string of the molecule is CC(C)CC=Nn1c(-c2ccco2)csc1=Nc1cccnc1. The number of aromatic nitrogens is 2. The third-order valence-corrected chi connectivity index (χ3v) is 3.92. The Morgan fingerprint density at radius 1 is 1.35 bits per heavy atom. The smallest absolute Gasteiger partial charge is 0.211 e. The molecule has 5 nitrogen and oxygen atoms in total. The first-order valence-electron chi connectivity index (χ1n) is 7.46. The Balaban J connectivity index is 2.06. The number of furan rings is 1. The Labute approximate surface area is 138 Å². The summed E-state index contributed by atoms with van der Waals surface area (Å²) < 4.78 is 7.33. The van der Waals surface area contributed by atoms with E-state index in [1.807, 2.05) is 40.5 Å². The van der Waals surface area contributed by atoms with E-state index in [1.54, 1.807) is 18.7 Å². The molecule has 0 unspecified atom stereocenters. The zero-order valence-electron chi connectivity index (χ0n) is 13.1. The molecule has 3 rings (SSSR count). The highest BCUT2D eigenvalue weighted by molar-refractivity contribution is 7.07. The van der Waals surface area contributed by atoms with Crippen LogP contribution in [-0.4, -0.2) is 15.9 Å². The van der Waals surface area contributed by atoms with Crippen LogP contribution in [0.2, 0.25) is 0 Å². The number of hydrogen-bond acceptors (Lipinski definition) is 5. The first-order valence-corrected chi connectivity index (χ1v) is 8.34. The van der Waals surface area contributed by atoms with Crippen LogP contribution in [0.25, 0.3) is 11.5 Å². The molecule has 3 aromatic rings. The molecule has 0 radical (unpaired) electrons.